The van der Waals surface area contributed by atoms with Crippen LogP contribution >= 0.6 is 38.9 Å². The molecule has 1 aromatic carbocycles. The Hall–Kier alpha value is -0.980. The Morgan fingerprint density at radius 2 is 1.95 bits per heavy atom. The Balaban J connectivity index is 2.17. The normalized spacial score (nSPS) is 11.4. The largest absolute Gasteiger partial charge is 0.341 e. The number of amides is 1. The molecule has 7 heteroatoms. The lowest BCUT2D eigenvalue weighted by Gasteiger charge is -2.26. The summed E-state index contributed by atoms with van der Waals surface area (Å²) < 4.78 is 1.25. The number of hydrogen-bond acceptors (Lipinski definition) is 4. The highest BCUT2D eigenvalue weighted by atomic mass is 79.9. The molecular weight excluding hydrogens is 350 g/mol. The van der Waals surface area contributed by atoms with Crippen molar-refractivity contribution in [2.75, 3.05) is 0 Å². The van der Waals surface area contributed by atoms with Crippen molar-refractivity contribution in [2.24, 2.45) is 0 Å². The van der Waals surface area contributed by atoms with Crippen molar-refractivity contribution in [3.05, 3.63) is 43.8 Å². The molecule has 0 aliphatic heterocycles. The molecule has 1 aromatic heterocycles. The Kier molecular flexibility index (Phi) is 4.23. The molecule has 100 valence electrons. The van der Waals surface area contributed by atoms with Crippen molar-refractivity contribution in [3.8, 4) is 0 Å². The third kappa shape index (κ3) is 3.52. The van der Waals surface area contributed by atoms with Crippen LogP contribution in [0.15, 0.2) is 28.7 Å². The monoisotopic (exact) mass is 359 g/mol. The van der Waals surface area contributed by atoms with Gasteiger partial charge in [0.1, 0.15) is 0 Å². The molecule has 0 fully saturated rings. The van der Waals surface area contributed by atoms with Crippen molar-refractivity contribution < 1.29 is 4.79 Å². The lowest BCUT2D eigenvalue weighted by atomic mass is 9.94. The first kappa shape index (κ1) is 14.4. The molecule has 1 amide bonds. The van der Waals surface area contributed by atoms with Gasteiger partial charge in [-0.3, -0.25) is 4.79 Å². The zero-order valence-corrected chi connectivity index (χ0v) is 13.4. The van der Waals surface area contributed by atoms with Crippen LogP contribution in [0.5, 0.6) is 0 Å². The van der Waals surface area contributed by atoms with Gasteiger partial charge in [-0.05, 0) is 43.1 Å². The van der Waals surface area contributed by atoms with Gasteiger partial charge in [-0.1, -0.05) is 39.4 Å². The number of nitrogens with zero attached hydrogens (tertiary/aromatic N) is 2. The first-order chi connectivity index (χ1) is 8.88. The average molecular weight is 361 g/mol. The van der Waals surface area contributed by atoms with E-state index in [0.717, 1.165) is 21.4 Å². The quantitative estimate of drug-likeness (QED) is 0.909. The minimum Gasteiger partial charge on any atom is -0.341 e. The molecule has 0 radical (unpaired) electrons. The maximum atomic E-state index is 12.0. The molecule has 1 N–H and O–H groups in total. The molecule has 4 nitrogen and oxygen atoms in total. The van der Waals surface area contributed by atoms with E-state index in [1.54, 1.807) is 0 Å². The van der Waals surface area contributed by atoms with E-state index in [0.29, 0.717) is 0 Å². The summed E-state index contributed by atoms with van der Waals surface area (Å²) in [6.45, 7) is 3.85. The highest BCUT2D eigenvalue weighted by Crippen LogP contribution is 2.23. The summed E-state index contributed by atoms with van der Waals surface area (Å²) in [7, 11) is 0. The van der Waals surface area contributed by atoms with E-state index in [1.807, 2.05) is 38.1 Å². The number of aromatic nitrogens is 2. The fraction of sp³-hybridized carbons (Fsp3) is 0.250. The summed E-state index contributed by atoms with van der Waals surface area (Å²) in [5.41, 5.74) is 0.496. The molecule has 0 aliphatic rings. The van der Waals surface area contributed by atoms with Crippen LogP contribution in [0.1, 0.15) is 29.2 Å². The summed E-state index contributed by atoms with van der Waals surface area (Å²) in [6.07, 6.45) is 0. The fourth-order valence-corrected chi connectivity index (χ4v) is 2.56. The van der Waals surface area contributed by atoms with Crippen molar-refractivity contribution in [1.82, 2.24) is 15.5 Å². The van der Waals surface area contributed by atoms with E-state index >= 15 is 0 Å². The molecule has 0 saturated heterocycles. The zero-order chi connectivity index (χ0) is 14.0. The van der Waals surface area contributed by atoms with Crippen molar-refractivity contribution >= 4 is 44.8 Å². The van der Waals surface area contributed by atoms with Gasteiger partial charge in [0.2, 0.25) is 9.47 Å². The van der Waals surface area contributed by atoms with Crippen LogP contribution in [0.2, 0.25) is 4.47 Å². The molecule has 2 aromatic rings. The van der Waals surface area contributed by atoms with Crippen LogP contribution in [-0.2, 0) is 5.54 Å². The lowest BCUT2D eigenvalue weighted by molar-refractivity contribution is 0.0911. The Morgan fingerprint density at radius 1 is 1.32 bits per heavy atom. The predicted molar refractivity (Wildman–Crippen MR) is 79.6 cm³/mol. The third-order valence-electron chi connectivity index (χ3n) is 2.59. The smallest absolute Gasteiger partial charge is 0.282 e. The SMILES string of the molecule is CC(C)(NC(=O)c1nnc(Cl)s1)c1ccc(Br)cc1. The summed E-state index contributed by atoms with van der Waals surface area (Å²) >= 11 is 10.1. The van der Waals surface area contributed by atoms with Crippen molar-refractivity contribution in [3.63, 3.8) is 0 Å². The Bertz CT molecular complexity index is 597. The Morgan fingerprint density at radius 3 is 2.47 bits per heavy atom. The Labute approximate surface area is 128 Å². The van der Waals surface area contributed by atoms with Crippen LogP contribution in [0, 0.1) is 0 Å². The summed E-state index contributed by atoms with van der Waals surface area (Å²) in [6, 6.07) is 7.78. The number of hydrogen-bond donors (Lipinski definition) is 1. The number of nitrogens with one attached hydrogen (secondary N) is 1. The molecule has 0 aliphatic carbocycles. The molecule has 0 unspecified atom stereocenters. The number of rotatable bonds is 3. The molecule has 2 rings (SSSR count). The minimum atomic E-state index is -0.504. The molecule has 0 spiro atoms. The van der Waals surface area contributed by atoms with E-state index in [9.17, 15) is 4.79 Å². The topological polar surface area (TPSA) is 54.9 Å². The van der Waals surface area contributed by atoms with Gasteiger partial charge in [-0.15, -0.1) is 10.2 Å². The van der Waals surface area contributed by atoms with Crippen LogP contribution in [0.3, 0.4) is 0 Å². The maximum Gasteiger partial charge on any atom is 0.282 e. The summed E-state index contributed by atoms with van der Waals surface area (Å²) in [4.78, 5) is 12.0. The third-order valence-corrected chi connectivity index (χ3v) is 4.13. The van der Waals surface area contributed by atoms with Crippen molar-refractivity contribution in [2.45, 2.75) is 19.4 Å². The van der Waals surface area contributed by atoms with Gasteiger partial charge in [-0.25, -0.2) is 0 Å². The number of carbonyl (C=O) groups excluding carboxylic acids is 1. The first-order valence-electron chi connectivity index (χ1n) is 5.46. The first-order valence-corrected chi connectivity index (χ1v) is 7.45. The second-order valence-electron chi connectivity index (χ2n) is 4.45. The maximum absolute atomic E-state index is 12.0. The second-order valence-corrected chi connectivity index (χ2v) is 6.92. The van der Waals surface area contributed by atoms with Gasteiger partial charge in [0.25, 0.3) is 5.91 Å². The lowest BCUT2D eigenvalue weighted by Crippen LogP contribution is -2.40. The van der Waals surface area contributed by atoms with E-state index < -0.39 is 5.54 Å². The fourth-order valence-electron chi connectivity index (χ4n) is 1.57. The van der Waals surface area contributed by atoms with Gasteiger partial charge >= 0.3 is 0 Å². The number of benzene rings is 1. The molecule has 0 saturated carbocycles. The molecule has 0 bridgehead atoms. The zero-order valence-electron chi connectivity index (χ0n) is 10.3. The molecule has 1 heterocycles. The van der Waals surface area contributed by atoms with Gasteiger partial charge in [0.15, 0.2) is 0 Å². The summed E-state index contributed by atoms with van der Waals surface area (Å²) in [5, 5.41) is 10.5. The van der Waals surface area contributed by atoms with Gasteiger partial charge in [-0.2, -0.15) is 0 Å². The standard InChI is InChI=1S/C12H11BrClN3OS/c1-12(2,7-3-5-8(13)6-4-7)15-9(18)10-16-17-11(14)19-10/h3-6H,1-2H3,(H,15,18). The number of carbonyl (C=O) groups is 1. The molecule has 0 atom stereocenters. The van der Waals surface area contributed by atoms with Crippen LogP contribution in [-0.4, -0.2) is 16.1 Å². The van der Waals surface area contributed by atoms with Crippen LogP contribution in [0.4, 0.5) is 0 Å². The van der Waals surface area contributed by atoms with E-state index in [1.165, 1.54) is 0 Å². The summed E-state index contributed by atoms with van der Waals surface area (Å²) in [5.74, 6) is -0.280. The van der Waals surface area contributed by atoms with Gasteiger partial charge < -0.3 is 5.32 Å². The predicted octanol–water partition coefficient (Wildman–Crippen LogP) is 3.62. The van der Waals surface area contributed by atoms with E-state index in [4.69, 9.17) is 11.6 Å². The minimum absolute atomic E-state index is 0.256. The second kappa shape index (κ2) is 5.56. The van der Waals surface area contributed by atoms with Crippen LogP contribution < -0.4 is 5.32 Å². The van der Waals surface area contributed by atoms with E-state index in [-0.39, 0.29) is 15.4 Å². The molecular formula is C12H11BrClN3OS. The van der Waals surface area contributed by atoms with Gasteiger partial charge in [0, 0.05) is 4.47 Å². The van der Waals surface area contributed by atoms with Crippen LogP contribution in [0.25, 0.3) is 0 Å². The van der Waals surface area contributed by atoms with E-state index in [2.05, 4.69) is 31.4 Å². The highest BCUT2D eigenvalue weighted by molar-refractivity contribution is 9.10. The van der Waals surface area contributed by atoms with Gasteiger partial charge in [0.05, 0.1) is 5.54 Å². The highest BCUT2D eigenvalue weighted by Gasteiger charge is 2.25. The van der Waals surface area contributed by atoms with Crippen molar-refractivity contribution in [1.29, 1.82) is 0 Å². The average Bonchev–Trinajstić information content (AvgIpc) is 2.76. The molecule has 19 heavy (non-hydrogen) atoms. The number of halogens is 2.